The average molecular weight is 251 g/mol. The van der Waals surface area contributed by atoms with Crippen LogP contribution in [0, 0.1) is 11.3 Å². The lowest BCUT2D eigenvalue weighted by Crippen LogP contribution is -2.40. The fourth-order valence-corrected chi connectivity index (χ4v) is 3.92. The topological polar surface area (TPSA) is 12.0 Å². The van der Waals surface area contributed by atoms with E-state index in [0.29, 0.717) is 5.41 Å². The quantitative estimate of drug-likeness (QED) is 0.698. The fraction of sp³-hybridized carbons (Fsp3) is 1.00. The smallest absolute Gasteiger partial charge is 0.00955 e. The lowest BCUT2D eigenvalue weighted by atomic mass is 9.77. The Morgan fingerprint density at radius 2 is 1.44 bits per heavy atom. The van der Waals surface area contributed by atoms with Gasteiger partial charge < -0.3 is 5.32 Å². The van der Waals surface area contributed by atoms with Gasteiger partial charge in [-0.05, 0) is 56.4 Å². The van der Waals surface area contributed by atoms with Gasteiger partial charge in [-0.3, -0.25) is 0 Å². The maximum absolute atomic E-state index is 3.88. The Bertz CT molecular complexity index is 226. The highest BCUT2D eigenvalue weighted by Crippen LogP contribution is 2.34. The maximum atomic E-state index is 3.88. The molecular weight excluding hydrogens is 218 g/mol. The summed E-state index contributed by atoms with van der Waals surface area (Å²) in [7, 11) is 0. The Balaban J connectivity index is 1.88. The van der Waals surface area contributed by atoms with E-state index in [0.717, 1.165) is 12.0 Å². The molecule has 0 radical (unpaired) electrons. The lowest BCUT2D eigenvalue weighted by molar-refractivity contribution is 0.200. The van der Waals surface area contributed by atoms with Gasteiger partial charge in [-0.25, -0.2) is 0 Å². The highest BCUT2D eigenvalue weighted by Gasteiger charge is 2.27. The van der Waals surface area contributed by atoms with E-state index in [1.54, 1.807) is 0 Å². The summed E-state index contributed by atoms with van der Waals surface area (Å²) in [5.74, 6) is 0.971. The number of hydrogen-bond acceptors (Lipinski definition) is 1. The summed E-state index contributed by atoms with van der Waals surface area (Å²) < 4.78 is 0. The van der Waals surface area contributed by atoms with Crippen molar-refractivity contribution in [3.63, 3.8) is 0 Å². The summed E-state index contributed by atoms with van der Waals surface area (Å²) in [5, 5.41) is 3.88. The molecular formula is C17H33N. The zero-order valence-electron chi connectivity index (χ0n) is 12.6. The van der Waals surface area contributed by atoms with Crippen LogP contribution in [0.2, 0.25) is 0 Å². The van der Waals surface area contributed by atoms with E-state index in [4.69, 9.17) is 0 Å². The molecule has 0 aromatic rings. The van der Waals surface area contributed by atoms with Gasteiger partial charge in [0.05, 0.1) is 0 Å². The van der Waals surface area contributed by atoms with Crippen LogP contribution in [0.4, 0.5) is 0 Å². The third kappa shape index (κ3) is 4.57. The third-order valence-electron chi connectivity index (χ3n) is 5.29. The molecule has 1 saturated heterocycles. The third-order valence-corrected chi connectivity index (χ3v) is 5.29. The highest BCUT2D eigenvalue weighted by atomic mass is 14.9. The van der Waals surface area contributed by atoms with Gasteiger partial charge in [0.25, 0.3) is 0 Å². The van der Waals surface area contributed by atoms with E-state index >= 15 is 0 Å². The Hall–Kier alpha value is -0.0400. The van der Waals surface area contributed by atoms with Crippen molar-refractivity contribution >= 4 is 0 Å². The minimum atomic E-state index is 0.585. The molecule has 2 rings (SSSR count). The molecule has 18 heavy (non-hydrogen) atoms. The van der Waals surface area contributed by atoms with Crippen LogP contribution in [-0.2, 0) is 0 Å². The molecule has 1 saturated carbocycles. The van der Waals surface area contributed by atoms with E-state index in [2.05, 4.69) is 19.2 Å². The number of hydrogen-bond donors (Lipinski definition) is 1. The summed E-state index contributed by atoms with van der Waals surface area (Å²) in [6.07, 6.45) is 16.0. The molecule has 0 aromatic carbocycles. The van der Waals surface area contributed by atoms with Gasteiger partial charge in [-0.2, -0.15) is 0 Å². The van der Waals surface area contributed by atoms with Gasteiger partial charge in [-0.1, -0.05) is 46.0 Å². The van der Waals surface area contributed by atoms with Crippen LogP contribution in [0.15, 0.2) is 0 Å². The normalized spacial score (nSPS) is 32.0. The molecule has 1 unspecified atom stereocenters. The standard InChI is InChI=1S/C17H33N/c1-17(2)12-8-14-18-16(11-13-17)15-9-6-4-3-5-7-10-15/h15-16,18H,3-14H2,1-2H3. The number of nitrogens with one attached hydrogen (secondary N) is 1. The molecule has 0 amide bonds. The van der Waals surface area contributed by atoms with Crippen LogP contribution in [0.25, 0.3) is 0 Å². The molecule has 1 aliphatic heterocycles. The number of rotatable bonds is 1. The van der Waals surface area contributed by atoms with Crippen molar-refractivity contribution in [2.75, 3.05) is 6.54 Å². The second-order valence-electron chi connectivity index (χ2n) is 7.47. The van der Waals surface area contributed by atoms with Crippen LogP contribution in [0.5, 0.6) is 0 Å². The minimum Gasteiger partial charge on any atom is -0.314 e. The van der Waals surface area contributed by atoms with Crippen LogP contribution >= 0.6 is 0 Å². The minimum absolute atomic E-state index is 0.585. The molecule has 1 atom stereocenters. The van der Waals surface area contributed by atoms with Crippen molar-refractivity contribution < 1.29 is 0 Å². The summed E-state index contributed by atoms with van der Waals surface area (Å²) >= 11 is 0. The highest BCUT2D eigenvalue weighted by molar-refractivity contribution is 4.83. The van der Waals surface area contributed by atoms with Gasteiger partial charge in [0.15, 0.2) is 0 Å². The molecule has 2 aliphatic rings. The average Bonchev–Trinajstić information content (AvgIpc) is 2.26. The van der Waals surface area contributed by atoms with E-state index < -0.39 is 0 Å². The van der Waals surface area contributed by atoms with Crippen molar-refractivity contribution in [1.82, 2.24) is 5.32 Å². The molecule has 1 heterocycles. The first-order chi connectivity index (χ1) is 8.67. The van der Waals surface area contributed by atoms with Crippen LogP contribution in [0.3, 0.4) is 0 Å². The summed E-state index contributed by atoms with van der Waals surface area (Å²) in [4.78, 5) is 0. The van der Waals surface area contributed by atoms with E-state index in [-0.39, 0.29) is 0 Å². The monoisotopic (exact) mass is 251 g/mol. The van der Waals surface area contributed by atoms with Crippen molar-refractivity contribution in [3.05, 3.63) is 0 Å². The Labute approximate surface area is 114 Å². The van der Waals surface area contributed by atoms with E-state index in [1.165, 1.54) is 77.2 Å². The molecule has 1 aliphatic carbocycles. The van der Waals surface area contributed by atoms with Gasteiger partial charge in [0.2, 0.25) is 0 Å². The van der Waals surface area contributed by atoms with Crippen LogP contribution < -0.4 is 5.32 Å². The first-order valence-corrected chi connectivity index (χ1v) is 8.41. The maximum Gasteiger partial charge on any atom is 0.00955 e. The summed E-state index contributed by atoms with van der Waals surface area (Å²) in [6, 6.07) is 0.822. The van der Waals surface area contributed by atoms with Gasteiger partial charge in [-0.15, -0.1) is 0 Å². The predicted octanol–water partition coefficient (Wildman–Crippen LogP) is 4.91. The van der Waals surface area contributed by atoms with Crippen molar-refractivity contribution in [2.45, 2.75) is 90.5 Å². The lowest BCUT2D eigenvalue weighted by Gasteiger charge is -2.35. The zero-order valence-corrected chi connectivity index (χ0v) is 12.6. The molecule has 0 aromatic heterocycles. The molecule has 2 fully saturated rings. The first kappa shape index (κ1) is 14.4. The van der Waals surface area contributed by atoms with Crippen molar-refractivity contribution in [2.24, 2.45) is 11.3 Å². The molecule has 1 heteroatoms. The predicted molar refractivity (Wildman–Crippen MR) is 79.8 cm³/mol. The van der Waals surface area contributed by atoms with Crippen LogP contribution in [-0.4, -0.2) is 12.6 Å². The molecule has 0 spiro atoms. The molecule has 1 nitrogen and oxygen atoms in total. The zero-order chi connectivity index (χ0) is 12.8. The van der Waals surface area contributed by atoms with Crippen LogP contribution in [0.1, 0.15) is 84.5 Å². The van der Waals surface area contributed by atoms with Gasteiger partial charge >= 0.3 is 0 Å². The first-order valence-electron chi connectivity index (χ1n) is 8.41. The largest absolute Gasteiger partial charge is 0.314 e. The van der Waals surface area contributed by atoms with Gasteiger partial charge in [0.1, 0.15) is 0 Å². The Morgan fingerprint density at radius 3 is 2.17 bits per heavy atom. The molecule has 0 bridgehead atoms. The summed E-state index contributed by atoms with van der Waals surface area (Å²) in [6.45, 7) is 6.19. The SMILES string of the molecule is CC1(C)CCCNC(C2CCCCCCC2)CC1. The second kappa shape index (κ2) is 6.93. The second-order valence-corrected chi connectivity index (χ2v) is 7.47. The molecule has 1 N–H and O–H groups in total. The van der Waals surface area contributed by atoms with Gasteiger partial charge in [0, 0.05) is 6.04 Å². The van der Waals surface area contributed by atoms with Crippen molar-refractivity contribution in [1.29, 1.82) is 0 Å². The fourth-order valence-electron chi connectivity index (χ4n) is 3.92. The van der Waals surface area contributed by atoms with E-state index in [9.17, 15) is 0 Å². The van der Waals surface area contributed by atoms with E-state index in [1.807, 2.05) is 0 Å². The Morgan fingerprint density at radius 1 is 0.778 bits per heavy atom. The van der Waals surface area contributed by atoms with Crippen molar-refractivity contribution in [3.8, 4) is 0 Å². The summed E-state index contributed by atoms with van der Waals surface area (Å²) in [5.41, 5.74) is 0.585. The molecule has 106 valence electrons. The Kier molecular flexibility index (Phi) is 5.54.